The first-order valence-electron chi connectivity index (χ1n) is 10.5. The number of para-hydroxylation sites is 1. The molecule has 1 atom stereocenters. The third-order valence-electron chi connectivity index (χ3n) is 4.94. The molecule has 0 bridgehead atoms. The average molecular weight is 370 g/mol. The smallest absolute Gasteiger partial charge is 0.145 e. The number of hydrogen-bond donors (Lipinski definition) is 0. The second-order valence-electron chi connectivity index (χ2n) is 7.31. The Bertz CT molecular complexity index is 656. The molecule has 2 aromatic rings. The molecule has 0 radical (unpaired) electrons. The van der Waals surface area contributed by atoms with E-state index in [1.54, 1.807) is 0 Å². The van der Waals surface area contributed by atoms with Crippen molar-refractivity contribution in [2.24, 2.45) is 5.92 Å². The quantitative estimate of drug-likeness (QED) is 0.359. The fourth-order valence-corrected chi connectivity index (χ4v) is 2.95. The molecule has 27 heavy (non-hydrogen) atoms. The largest absolute Gasteiger partial charge is 0.493 e. The summed E-state index contributed by atoms with van der Waals surface area (Å²) in [6.07, 6.45) is 12.3. The zero-order valence-electron chi connectivity index (χ0n) is 17.2. The van der Waals surface area contributed by atoms with Crippen molar-refractivity contribution in [3.8, 4) is 22.6 Å². The first kappa shape index (κ1) is 21.3. The maximum atomic E-state index is 6.10. The van der Waals surface area contributed by atoms with Crippen LogP contribution < -0.4 is 9.47 Å². The van der Waals surface area contributed by atoms with Crippen molar-refractivity contribution in [3.05, 3.63) is 42.7 Å². The van der Waals surface area contributed by atoms with Gasteiger partial charge in [-0.15, -0.1) is 0 Å². The van der Waals surface area contributed by atoms with Crippen molar-refractivity contribution in [2.75, 3.05) is 13.2 Å². The second-order valence-corrected chi connectivity index (χ2v) is 7.31. The van der Waals surface area contributed by atoms with Crippen LogP contribution in [0.4, 0.5) is 0 Å². The Hall–Kier alpha value is -2.03. The molecule has 0 aliphatic rings. The summed E-state index contributed by atoms with van der Waals surface area (Å²) in [6, 6.07) is 10.2. The lowest BCUT2D eigenvalue weighted by Gasteiger charge is -2.16. The van der Waals surface area contributed by atoms with E-state index >= 15 is 0 Å². The highest BCUT2D eigenvalue weighted by atomic mass is 16.5. The molecule has 3 nitrogen and oxygen atoms in total. The molecule has 1 aromatic carbocycles. The number of aromatic nitrogens is 1. The summed E-state index contributed by atoms with van der Waals surface area (Å²) < 4.78 is 12.2. The zero-order valence-corrected chi connectivity index (χ0v) is 17.2. The number of hydrogen-bond acceptors (Lipinski definition) is 3. The molecule has 2 rings (SSSR count). The van der Waals surface area contributed by atoms with Crippen molar-refractivity contribution in [1.82, 2.24) is 4.98 Å². The number of rotatable bonds is 13. The summed E-state index contributed by atoms with van der Waals surface area (Å²) in [5.74, 6) is 2.29. The lowest BCUT2D eigenvalue weighted by molar-refractivity contribution is 0.257. The molecule has 3 heteroatoms. The van der Waals surface area contributed by atoms with Gasteiger partial charge in [0.15, 0.2) is 0 Å². The Morgan fingerprint density at radius 3 is 2.41 bits per heavy atom. The fourth-order valence-electron chi connectivity index (χ4n) is 2.95. The van der Waals surface area contributed by atoms with Gasteiger partial charge in [0.05, 0.1) is 19.4 Å². The van der Waals surface area contributed by atoms with Gasteiger partial charge >= 0.3 is 0 Å². The summed E-state index contributed by atoms with van der Waals surface area (Å²) >= 11 is 0. The van der Waals surface area contributed by atoms with E-state index < -0.39 is 0 Å². The molecule has 0 spiro atoms. The van der Waals surface area contributed by atoms with Crippen LogP contribution in [0.2, 0.25) is 0 Å². The van der Waals surface area contributed by atoms with Crippen molar-refractivity contribution in [2.45, 2.75) is 65.7 Å². The fraction of sp³-hybridized carbons (Fsp3) is 0.542. The van der Waals surface area contributed by atoms with Crippen molar-refractivity contribution in [3.63, 3.8) is 0 Å². The van der Waals surface area contributed by atoms with Gasteiger partial charge in [0, 0.05) is 17.3 Å². The molecule has 0 saturated carbocycles. The highest BCUT2D eigenvalue weighted by Gasteiger charge is 2.12. The Labute approximate surface area is 165 Å². The van der Waals surface area contributed by atoms with Crippen LogP contribution in [0.1, 0.15) is 65.7 Å². The Kier molecular flexibility index (Phi) is 9.75. The van der Waals surface area contributed by atoms with Crippen molar-refractivity contribution < 1.29 is 9.47 Å². The van der Waals surface area contributed by atoms with Crippen LogP contribution in [-0.4, -0.2) is 18.2 Å². The number of ether oxygens (including phenoxy) is 2. The van der Waals surface area contributed by atoms with Gasteiger partial charge in [-0.05, 0) is 24.5 Å². The van der Waals surface area contributed by atoms with Crippen molar-refractivity contribution >= 4 is 0 Å². The summed E-state index contributed by atoms with van der Waals surface area (Å²) in [6.45, 7) is 8.12. The summed E-state index contributed by atoms with van der Waals surface area (Å²) in [7, 11) is 0. The average Bonchev–Trinajstić information content (AvgIpc) is 2.72. The maximum absolute atomic E-state index is 6.10. The van der Waals surface area contributed by atoms with E-state index in [0.717, 1.165) is 48.7 Å². The molecule has 148 valence electrons. The SMILES string of the molecule is CCCCCCCCOc1cnccc1-c1ccccc1OCC(C)CC. The predicted molar refractivity (Wildman–Crippen MR) is 113 cm³/mol. The molecular weight excluding hydrogens is 334 g/mol. The molecule has 1 unspecified atom stereocenters. The molecule has 1 aromatic heterocycles. The minimum absolute atomic E-state index is 0.541. The summed E-state index contributed by atoms with van der Waals surface area (Å²) in [4.78, 5) is 4.26. The minimum atomic E-state index is 0.541. The molecule has 0 aliphatic carbocycles. The second kappa shape index (κ2) is 12.4. The normalized spacial score (nSPS) is 12.0. The van der Waals surface area contributed by atoms with Crippen LogP contribution >= 0.6 is 0 Å². The molecule has 0 N–H and O–H groups in total. The molecule has 0 fully saturated rings. The van der Waals surface area contributed by atoms with Crippen LogP contribution in [-0.2, 0) is 0 Å². The number of unbranched alkanes of at least 4 members (excludes halogenated alkanes) is 5. The van der Waals surface area contributed by atoms with Gasteiger partial charge in [0.1, 0.15) is 11.5 Å². The molecular formula is C24H35NO2. The summed E-state index contributed by atoms with van der Waals surface area (Å²) in [5.41, 5.74) is 2.12. The lowest BCUT2D eigenvalue weighted by Crippen LogP contribution is -2.08. The van der Waals surface area contributed by atoms with Crippen LogP contribution in [0, 0.1) is 5.92 Å². The Balaban J connectivity index is 2.00. The molecule has 0 aliphatic heterocycles. The topological polar surface area (TPSA) is 31.4 Å². The van der Waals surface area contributed by atoms with Gasteiger partial charge in [0.2, 0.25) is 0 Å². The van der Waals surface area contributed by atoms with E-state index in [9.17, 15) is 0 Å². The third-order valence-corrected chi connectivity index (χ3v) is 4.94. The highest BCUT2D eigenvalue weighted by molar-refractivity contribution is 5.75. The lowest BCUT2D eigenvalue weighted by atomic mass is 10.0. The van der Waals surface area contributed by atoms with E-state index in [1.165, 1.54) is 32.1 Å². The zero-order chi connectivity index (χ0) is 19.3. The number of nitrogens with zero attached hydrogens (tertiary/aromatic N) is 1. The van der Waals surface area contributed by atoms with Crippen LogP contribution in [0.25, 0.3) is 11.1 Å². The maximum Gasteiger partial charge on any atom is 0.145 e. The van der Waals surface area contributed by atoms with E-state index in [4.69, 9.17) is 9.47 Å². The Morgan fingerprint density at radius 1 is 0.852 bits per heavy atom. The van der Waals surface area contributed by atoms with Gasteiger partial charge in [-0.25, -0.2) is 0 Å². The monoisotopic (exact) mass is 369 g/mol. The third kappa shape index (κ3) is 7.24. The van der Waals surface area contributed by atoms with Gasteiger partial charge in [0.25, 0.3) is 0 Å². The molecule has 1 heterocycles. The van der Waals surface area contributed by atoms with E-state index in [-0.39, 0.29) is 0 Å². The van der Waals surface area contributed by atoms with Crippen LogP contribution in [0.5, 0.6) is 11.5 Å². The van der Waals surface area contributed by atoms with Crippen molar-refractivity contribution in [1.29, 1.82) is 0 Å². The predicted octanol–water partition coefficient (Wildman–Crippen LogP) is 6.91. The van der Waals surface area contributed by atoms with Crippen LogP contribution in [0.3, 0.4) is 0 Å². The molecule has 0 amide bonds. The first-order chi connectivity index (χ1) is 13.3. The van der Waals surface area contributed by atoms with Crippen LogP contribution in [0.15, 0.2) is 42.7 Å². The van der Waals surface area contributed by atoms with Gasteiger partial charge in [-0.3, -0.25) is 4.98 Å². The van der Waals surface area contributed by atoms with E-state index in [0.29, 0.717) is 5.92 Å². The first-order valence-corrected chi connectivity index (χ1v) is 10.5. The minimum Gasteiger partial charge on any atom is -0.493 e. The highest BCUT2D eigenvalue weighted by Crippen LogP contribution is 2.36. The van der Waals surface area contributed by atoms with E-state index in [2.05, 4.69) is 31.8 Å². The van der Waals surface area contributed by atoms with Gasteiger partial charge in [-0.2, -0.15) is 0 Å². The molecule has 0 saturated heterocycles. The number of benzene rings is 1. The summed E-state index contributed by atoms with van der Waals surface area (Å²) in [5, 5.41) is 0. The van der Waals surface area contributed by atoms with Gasteiger partial charge in [-0.1, -0.05) is 77.5 Å². The van der Waals surface area contributed by atoms with Gasteiger partial charge < -0.3 is 9.47 Å². The number of pyridine rings is 1. The Morgan fingerprint density at radius 2 is 1.59 bits per heavy atom. The van der Waals surface area contributed by atoms with E-state index in [1.807, 2.05) is 36.7 Å². The standard InChI is InChI=1S/C24H35NO2/c1-4-6-7-8-9-12-17-26-24-18-25-16-15-22(24)21-13-10-11-14-23(21)27-19-20(3)5-2/h10-11,13-16,18,20H,4-9,12,17,19H2,1-3H3.